The average Bonchev–Trinajstić information content (AvgIpc) is 2.38. The summed E-state index contributed by atoms with van der Waals surface area (Å²) in [5.41, 5.74) is -0.630. The fraction of sp³-hybridized carbons (Fsp3) is 0. The molecule has 0 saturated carbocycles. The highest BCUT2D eigenvalue weighted by Crippen LogP contribution is 2.22. The lowest BCUT2D eigenvalue weighted by molar-refractivity contribution is 0.392. The van der Waals surface area contributed by atoms with E-state index >= 15 is 0 Å². The van der Waals surface area contributed by atoms with Crippen LogP contribution in [0.4, 0.5) is 22.0 Å². The van der Waals surface area contributed by atoms with Crippen LogP contribution in [0.15, 0.2) is 30.3 Å². The molecule has 20 heavy (non-hydrogen) atoms. The second kappa shape index (κ2) is 5.50. The van der Waals surface area contributed by atoms with E-state index in [2.05, 4.69) is 4.65 Å². The molecule has 0 heterocycles. The Hall–Kier alpha value is -2.09. The van der Waals surface area contributed by atoms with E-state index in [-0.39, 0.29) is 6.07 Å². The van der Waals surface area contributed by atoms with Gasteiger partial charge in [-0.25, -0.2) is 17.6 Å². The predicted octanol–water partition coefficient (Wildman–Crippen LogP) is 2.15. The third-order valence-corrected chi connectivity index (χ3v) is 2.45. The molecule has 0 aliphatic rings. The van der Waals surface area contributed by atoms with Crippen molar-refractivity contribution in [2.45, 2.75) is 0 Å². The van der Waals surface area contributed by atoms with Gasteiger partial charge < -0.3 is 9.68 Å². The Balaban J connectivity index is 2.33. The van der Waals surface area contributed by atoms with E-state index in [1.807, 2.05) is 0 Å². The lowest BCUT2D eigenvalue weighted by atomic mass is 9.79. The molecule has 0 amide bonds. The highest BCUT2D eigenvalue weighted by molar-refractivity contribution is 6.60. The molecule has 2 aromatic rings. The third-order valence-electron chi connectivity index (χ3n) is 2.45. The molecule has 2 nitrogen and oxygen atoms in total. The van der Waals surface area contributed by atoms with E-state index in [0.717, 1.165) is 18.2 Å². The molecule has 0 unspecified atom stereocenters. The molecule has 0 spiro atoms. The molecule has 0 bridgehead atoms. The Morgan fingerprint density at radius 1 is 0.900 bits per heavy atom. The van der Waals surface area contributed by atoms with Crippen LogP contribution in [0.1, 0.15) is 0 Å². The minimum atomic E-state index is -2.12. The molecule has 104 valence electrons. The lowest BCUT2D eigenvalue weighted by Gasteiger charge is -2.12. The van der Waals surface area contributed by atoms with Crippen LogP contribution in [0.3, 0.4) is 0 Å². The standard InChI is InChI=1S/C12H6BF5O2/c14-6-4-9(16)12(18)10(5-6)20-13(19)7-2-1-3-8(15)11(7)17/h1-5,19H. The molecular formula is C12H6BF5O2. The molecule has 0 radical (unpaired) electrons. The van der Waals surface area contributed by atoms with Gasteiger partial charge in [-0.3, -0.25) is 0 Å². The summed E-state index contributed by atoms with van der Waals surface area (Å²) in [7, 11) is -2.12. The molecule has 0 aliphatic heterocycles. The van der Waals surface area contributed by atoms with Crippen molar-refractivity contribution < 1.29 is 31.6 Å². The van der Waals surface area contributed by atoms with Crippen LogP contribution in [0.2, 0.25) is 0 Å². The van der Waals surface area contributed by atoms with Gasteiger partial charge in [-0.1, -0.05) is 12.1 Å². The third kappa shape index (κ3) is 2.74. The van der Waals surface area contributed by atoms with Crippen molar-refractivity contribution in [2.24, 2.45) is 0 Å². The van der Waals surface area contributed by atoms with Crippen molar-refractivity contribution in [3.63, 3.8) is 0 Å². The summed E-state index contributed by atoms with van der Waals surface area (Å²) in [6.45, 7) is 0. The monoisotopic (exact) mass is 288 g/mol. The first kappa shape index (κ1) is 14.3. The maximum Gasteiger partial charge on any atom is 0.563 e. The topological polar surface area (TPSA) is 29.5 Å². The van der Waals surface area contributed by atoms with Crippen molar-refractivity contribution in [2.75, 3.05) is 0 Å². The molecule has 0 fully saturated rings. The van der Waals surface area contributed by atoms with Gasteiger partial charge in [0.15, 0.2) is 23.3 Å². The van der Waals surface area contributed by atoms with Crippen molar-refractivity contribution in [1.29, 1.82) is 0 Å². The highest BCUT2D eigenvalue weighted by atomic mass is 19.2. The predicted molar refractivity (Wildman–Crippen MR) is 60.9 cm³/mol. The molecule has 0 aliphatic carbocycles. The molecule has 0 atom stereocenters. The molecule has 2 aromatic carbocycles. The van der Waals surface area contributed by atoms with Crippen LogP contribution < -0.4 is 10.1 Å². The Morgan fingerprint density at radius 2 is 1.60 bits per heavy atom. The van der Waals surface area contributed by atoms with Crippen LogP contribution in [0.5, 0.6) is 5.75 Å². The van der Waals surface area contributed by atoms with Crippen LogP contribution in [-0.4, -0.2) is 12.1 Å². The van der Waals surface area contributed by atoms with Gasteiger partial charge in [0.2, 0.25) is 0 Å². The minimum Gasteiger partial charge on any atom is -0.530 e. The number of halogens is 5. The zero-order valence-corrected chi connectivity index (χ0v) is 9.71. The van der Waals surface area contributed by atoms with Crippen LogP contribution >= 0.6 is 0 Å². The lowest BCUT2D eigenvalue weighted by Crippen LogP contribution is -2.39. The van der Waals surface area contributed by atoms with Crippen LogP contribution in [0.25, 0.3) is 0 Å². The van der Waals surface area contributed by atoms with Crippen LogP contribution in [-0.2, 0) is 0 Å². The molecule has 8 heteroatoms. The fourth-order valence-corrected chi connectivity index (χ4v) is 1.51. The number of hydrogen-bond donors (Lipinski definition) is 1. The second-order valence-electron chi connectivity index (χ2n) is 3.81. The Bertz CT molecular complexity index is 650. The fourth-order valence-electron chi connectivity index (χ4n) is 1.51. The van der Waals surface area contributed by atoms with E-state index < -0.39 is 47.4 Å². The van der Waals surface area contributed by atoms with Crippen LogP contribution in [0, 0.1) is 29.1 Å². The Labute approximate surface area is 110 Å². The van der Waals surface area contributed by atoms with Crippen molar-refractivity contribution in [3.8, 4) is 5.75 Å². The summed E-state index contributed by atoms with van der Waals surface area (Å²) in [6.07, 6.45) is 0. The SMILES string of the molecule is OB(Oc1cc(F)cc(F)c1F)c1cccc(F)c1F. The minimum absolute atomic E-state index is 0.275. The highest BCUT2D eigenvalue weighted by Gasteiger charge is 2.27. The van der Waals surface area contributed by atoms with Gasteiger partial charge >= 0.3 is 7.12 Å². The normalized spacial score (nSPS) is 10.5. The van der Waals surface area contributed by atoms with E-state index in [9.17, 15) is 27.0 Å². The number of hydrogen-bond acceptors (Lipinski definition) is 2. The molecular weight excluding hydrogens is 282 g/mol. The van der Waals surface area contributed by atoms with Crippen molar-refractivity contribution >= 4 is 12.6 Å². The molecule has 1 N–H and O–H groups in total. The summed E-state index contributed by atoms with van der Waals surface area (Å²) in [4.78, 5) is 0. The summed E-state index contributed by atoms with van der Waals surface area (Å²) >= 11 is 0. The first-order valence-electron chi connectivity index (χ1n) is 5.33. The van der Waals surface area contributed by atoms with Gasteiger partial charge in [0.25, 0.3) is 0 Å². The quantitative estimate of drug-likeness (QED) is 0.533. The summed E-state index contributed by atoms with van der Waals surface area (Å²) in [5, 5.41) is 9.54. The first-order chi connectivity index (χ1) is 9.40. The maximum atomic E-state index is 13.4. The molecule has 0 saturated heterocycles. The van der Waals surface area contributed by atoms with Crippen molar-refractivity contribution in [1.82, 2.24) is 0 Å². The number of rotatable bonds is 3. The van der Waals surface area contributed by atoms with E-state index in [0.29, 0.717) is 6.07 Å². The van der Waals surface area contributed by atoms with Gasteiger partial charge in [-0.15, -0.1) is 0 Å². The maximum absolute atomic E-state index is 13.4. The Kier molecular flexibility index (Phi) is 3.94. The van der Waals surface area contributed by atoms with Gasteiger partial charge in [-0.05, 0) is 6.07 Å². The molecule has 2 rings (SSSR count). The second-order valence-corrected chi connectivity index (χ2v) is 3.81. The van der Waals surface area contributed by atoms with Gasteiger partial charge in [-0.2, -0.15) is 4.39 Å². The zero-order chi connectivity index (χ0) is 14.9. The largest absolute Gasteiger partial charge is 0.563 e. The summed E-state index contributed by atoms with van der Waals surface area (Å²) in [5.74, 6) is -7.85. The summed E-state index contributed by atoms with van der Waals surface area (Å²) in [6, 6.07) is 3.61. The Morgan fingerprint density at radius 3 is 2.30 bits per heavy atom. The van der Waals surface area contributed by atoms with E-state index in [4.69, 9.17) is 0 Å². The zero-order valence-electron chi connectivity index (χ0n) is 9.71. The van der Waals surface area contributed by atoms with Gasteiger partial charge in [0, 0.05) is 17.6 Å². The number of benzene rings is 2. The van der Waals surface area contributed by atoms with Crippen molar-refractivity contribution in [3.05, 3.63) is 59.4 Å². The first-order valence-corrected chi connectivity index (χ1v) is 5.33. The molecule has 0 aromatic heterocycles. The summed E-state index contributed by atoms with van der Waals surface area (Å²) < 4.78 is 69.9. The smallest absolute Gasteiger partial charge is 0.530 e. The van der Waals surface area contributed by atoms with E-state index in [1.165, 1.54) is 0 Å². The van der Waals surface area contributed by atoms with E-state index in [1.54, 1.807) is 0 Å². The van der Waals surface area contributed by atoms with Gasteiger partial charge in [0.1, 0.15) is 11.6 Å². The average molecular weight is 288 g/mol. The van der Waals surface area contributed by atoms with Gasteiger partial charge in [0.05, 0.1) is 0 Å².